The lowest BCUT2D eigenvalue weighted by molar-refractivity contribution is 0.496. The summed E-state index contributed by atoms with van der Waals surface area (Å²) in [6.07, 6.45) is 2.64. The minimum Gasteiger partial charge on any atom is -0.325 e. The monoisotopic (exact) mass is 221 g/mol. The van der Waals surface area contributed by atoms with Crippen LogP contribution in [0.5, 0.6) is 0 Å². The van der Waals surface area contributed by atoms with Crippen LogP contribution in [0.2, 0.25) is 0 Å². The molecular formula is C12H19N3O. The Morgan fingerprint density at radius 3 is 3.00 bits per heavy atom. The third-order valence-corrected chi connectivity index (χ3v) is 2.76. The van der Waals surface area contributed by atoms with Crippen LogP contribution < -0.4 is 16.2 Å². The van der Waals surface area contributed by atoms with E-state index >= 15 is 0 Å². The highest BCUT2D eigenvalue weighted by atomic mass is 16.1. The fraction of sp³-hybridized carbons (Fsp3) is 0.583. The molecule has 1 aliphatic carbocycles. The number of hydrogen-bond acceptors (Lipinski definition) is 3. The maximum Gasteiger partial charge on any atom is 0.248 e. The van der Waals surface area contributed by atoms with E-state index in [2.05, 4.69) is 22.5 Å². The third-order valence-electron chi connectivity index (χ3n) is 2.76. The Morgan fingerprint density at radius 1 is 1.50 bits per heavy atom. The van der Waals surface area contributed by atoms with Crippen LogP contribution in [-0.2, 0) is 6.54 Å². The molecule has 1 saturated carbocycles. The molecule has 1 aliphatic rings. The summed E-state index contributed by atoms with van der Waals surface area (Å²) in [6.45, 7) is 3.85. The largest absolute Gasteiger partial charge is 0.325 e. The zero-order valence-corrected chi connectivity index (χ0v) is 9.62. The topological polar surface area (TPSA) is 56.9 Å². The number of hydrogen-bond donors (Lipinski definition) is 3. The van der Waals surface area contributed by atoms with E-state index in [0.717, 1.165) is 18.3 Å². The number of aromatic amines is 1. The Bertz CT molecular complexity index is 384. The van der Waals surface area contributed by atoms with Gasteiger partial charge in [0.1, 0.15) is 0 Å². The second kappa shape index (κ2) is 5.27. The Kier molecular flexibility index (Phi) is 3.74. The number of pyridine rings is 1. The maximum atomic E-state index is 11.1. The summed E-state index contributed by atoms with van der Waals surface area (Å²) in [6, 6.07) is 6.41. The summed E-state index contributed by atoms with van der Waals surface area (Å²) in [5.74, 6) is 0. The van der Waals surface area contributed by atoms with Gasteiger partial charge in [0.15, 0.2) is 0 Å². The second-order valence-corrected chi connectivity index (χ2v) is 4.50. The second-order valence-electron chi connectivity index (χ2n) is 4.50. The Hall–Kier alpha value is -1.13. The first-order valence-corrected chi connectivity index (χ1v) is 5.89. The van der Waals surface area contributed by atoms with Crippen molar-refractivity contribution in [2.45, 2.75) is 38.4 Å². The van der Waals surface area contributed by atoms with E-state index < -0.39 is 0 Å². The summed E-state index contributed by atoms with van der Waals surface area (Å²) in [7, 11) is 0. The molecule has 1 unspecified atom stereocenters. The molecule has 16 heavy (non-hydrogen) atoms. The van der Waals surface area contributed by atoms with Crippen molar-refractivity contribution in [3.05, 3.63) is 34.2 Å². The Morgan fingerprint density at radius 2 is 2.31 bits per heavy atom. The standard InChI is InChI=1S/C12H19N3O/c1-9(7-14-10-5-6-10)13-8-11-3-2-4-12(16)15-11/h2-4,9-10,13-14H,5-8H2,1H3,(H,15,16). The molecule has 0 bridgehead atoms. The van der Waals surface area contributed by atoms with Crippen LogP contribution in [0.4, 0.5) is 0 Å². The molecule has 0 spiro atoms. The van der Waals surface area contributed by atoms with Crippen LogP contribution in [0, 0.1) is 0 Å². The highest BCUT2D eigenvalue weighted by Gasteiger charge is 2.20. The molecular weight excluding hydrogens is 202 g/mol. The lowest BCUT2D eigenvalue weighted by atomic mass is 10.3. The van der Waals surface area contributed by atoms with Crippen molar-refractivity contribution >= 4 is 0 Å². The van der Waals surface area contributed by atoms with Crippen molar-refractivity contribution in [3.8, 4) is 0 Å². The molecule has 1 fully saturated rings. The average Bonchev–Trinajstić information content (AvgIpc) is 3.07. The van der Waals surface area contributed by atoms with Crippen molar-refractivity contribution in [2.24, 2.45) is 0 Å². The number of nitrogens with one attached hydrogen (secondary N) is 3. The van der Waals surface area contributed by atoms with Gasteiger partial charge in [0.05, 0.1) is 0 Å². The van der Waals surface area contributed by atoms with Crippen LogP contribution in [0.3, 0.4) is 0 Å². The fourth-order valence-electron chi connectivity index (χ4n) is 1.58. The third kappa shape index (κ3) is 3.79. The smallest absolute Gasteiger partial charge is 0.248 e. The summed E-state index contributed by atoms with van der Waals surface area (Å²) < 4.78 is 0. The Labute approximate surface area is 95.5 Å². The van der Waals surface area contributed by atoms with Crippen molar-refractivity contribution in [1.29, 1.82) is 0 Å². The van der Waals surface area contributed by atoms with Gasteiger partial charge in [-0.05, 0) is 25.8 Å². The van der Waals surface area contributed by atoms with E-state index in [1.54, 1.807) is 6.07 Å². The van der Waals surface area contributed by atoms with E-state index in [9.17, 15) is 4.79 Å². The van der Waals surface area contributed by atoms with Crippen molar-refractivity contribution in [2.75, 3.05) is 6.54 Å². The van der Waals surface area contributed by atoms with Gasteiger partial charge in [-0.1, -0.05) is 6.07 Å². The molecule has 2 rings (SSSR count). The molecule has 1 heterocycles. The molecule has 4 heteroatoms. The summed E-state index contributed by atoms with van der Waals surface area (Å²) >= 11 is 0. The SMILES string of the molecule is CC(CNC1CC1)NCc1cccc(=O)[nH]1. The lowest BCUT2D eigenvalue weighted by Crippen LogP contribution is -2.37. The fourth-order valence-corrected chi connectivity index (χ4v) is 1.58. The van der Waals surface area contributed by atoms with E-state index in [1.807, 2.05) is 6.07 Å². The van der Waals surface area contributed by atoms with E-state index in [-0.39, 0.29) is 5.56 Å². The van der Waals surface area contributed by atoms with Crippen LogP contribution in [0.25, 0.3) is 0 Å². The van der Waals surface area contributed by atoms with Crippen molar-refractivity contribution in [3.63, 3.8) is 0 Å². The van der Waals surface area contributed by atoms with Gasteiger partial charge in [0.2, 0.25) is 5.56 Å². The quantitative estimate of drug-likeness (QED) is 0.659. The molecule has 4 nitrogen and oxygen atoms in total. The highest BCUT2D eigenvalue weighted by Crippen LogP contribution is 2.18. The number of aromatic nitrogens is 1. The van der Waals surface area contributed by atoms with E-state index in [4.69, 9.17) is 0 Å². The zero-order valence-electron chi connectivity index (χ0n) is 9.62. The molecule has 1 atom stereocenters. The molecule has 0 aromatic carbocycles. The van der Waals surface area contributed by atoms with Crippen LogP contribution in [-0.4, -0.2) is 23.6 Å². The minimum atomic E-state index is -0.0388. The first-order valence-electron chi connectivity index (χ1n) is 5.89. The predicted molar refractivity (Wildman–Crippen MR) is 64.4 cm³/mol. The van der Waals surface area contributed by atoms with Crippen molar-refractivity contribution in [1.82, 2.24) is 15.6 Å². The van der Waals surface area contributed by atoms with E-state index in [1.165, 1.54) is 18.9 Å². The van der Waals surface area contributed by atoms with Crippen LogP contribution in [0.15, 0.2) is 23.0 Å². The van der Waals surface area contributed by atoms with Gasteiger partial charge in [-0.3, -0.25) is 4.79 Å². The molecule has 0 amide bonds. The van der Waals surface area contributed by atoms with Gasteiger partial charge in [0, 0.05) is 36.9 Å². The van der Waals surface area contributed by atoms with Gasteiger partial charge in [0.25, 0.3) is 0 Å². The van der Waals surface area contributed by atoms with Crippen molar-refractivity contribution < 1.29 is 0 Å². The molecule has 88 valence electrons. The molecule has 1 aromatic heterocycles. The van der Waals surface area contributed by atoms with Crippen LogP contribution >= 0.6 is 0 Å². The van der Waals surface area contributed by atoms with Gasteiger partial charge < -0.3 is 15.6 Å². The first kappa shape index (κ1) is 11.4. The number of rotatable bonds is 6. The molecule has 3 N–H and O–H groups in total. The molecule has 0 aliphatic heterocycles. The number of H-pyrrole nitrogens is 1. The predicted octanol–water partition coefficient (Wildman–Crippen LogP) is 0.605. The minimum absolute atomic E-state index is 0.0388. The lowest BCUT2D eigenvalue weighted by Gasteiger charge is -2.14. The van der Waals surface area contributed by atoms with Gasteiger partial charge in [-0.15, -0.1) is 0 Å². The van der Waals surface area contributed by atoms with Gasteiger partial charge in [-0.25, -0.2) is 0 Å². The van der Waals surface area contributed by atoms with E-state index in [0.29, 0.717) is 12.6 Å². The zero-order chi connectivity index (χ0) is 11.4. The van der Waals surface area contributed by atoms with Gasteiger partial charge >= 0.3 is 0 Å². The maximum absolute atomic E-state index is 11.1. The normalized spacial score (nSPS) is 17.3. The van der Waals surface area contributed by atoms with Gasteiger partial charge in [-0.2, -0.15) is 0 Å². The summed E-state index contributed by atoms with van der Waals surface area (Å²) in [4.78, 5) is 13.9. The molecule has 0 saturated heterocycles. The first-order chi connectivity index (χ1) is 7.74. The summed E-state index contributed by atoms with van der Waals surface area (Å²) in [5.41, 5.74) is 0.897. The summed E-state index contributed by atoms with van der Waals surface area (Å²) in [5, 5.41) is 6.85. The van der Waals surface area contributed by atoms with Crippen LogP contribution in [0.1, 0.15) is 25.5 Å². The Balaban J connectivity index is 1.71. The average molecular weight is 221 g/mol. The molecule has 1 aromatic rings. The molecule has 0 radical (unpaired) electrons. The highest BCUT2D eigenvalue weighted by molar-refractivity contribution is 5.03.